The molecule has 1 fully saturated rings. The summed E-state index contributed by atoms with van der Waals surface area (Å²) in [6, 6.07) is 17.5. The zero-order valence-corrected chi connectivity index (χ0v) is 16.2. The molecule has 0 saturated carbocycles. The molecule has 0 aromatic heterocycles. The van der Waals surface area contributed by atoms with E-state index in [0.29, 0.717) is 6.54 Å². The Hall–Kier alpha value is -2.86. The minimum absolute atomic E-state index is 0.00260. The summed E-state index contributed by atoms with van der Waals surface area (Å²) in [5, 5.41) is 3.18. The van der Waals surface area contributed by atoms with Crippen molar-refractivity contribution in [1.29, 1.82) is 0 Å². The minimum Gasteiger partial charge on any atom is -0.497 e. The number of hydrogen-bond donors (Lipinski definition) is 3. The number of carbonyl (C=O) groups excluding carboxylic acids is 2. The summed E-state index contributed by atoms with van der Waals surface area (Å²) in [7, 11) is 1.63. The van der Waals surface area contributed by atoms with Crippen molar-refractivity contribution in [3.05, 3.63) is 65.7 Å². The van der Waals surface area contributed by atoms with Crippen LogP contribution in [0.4, 0.5) is 0 Å². The largest absolute Gasteiger partial charge is 0.497 e. The molecular weight excluding hydrogens is 354 g/mol. The molecule has 1 aliphatic heterocycles. The maximum Gasteiger partial charge on any atom is 0.275 e. The van der Waals surface area contributed by atoms with Gasteiger partial charge in [-0.05, 0) is 23.3 Å². The van der Waals surface area contributed by atoms with Crippen LogP contribution >= 0.6 is 0 Å². The molecule has 0 bridgehead atoms. The van der Waals surface area contributed by atoms with Gasteiger partial charge in [0.15, 0.2) is 6.54 Å². The Morgan fingerprint density at radius 2 is 1.68 bits per heavy atom. The minimum atomic E-state index is -0.229. The van der Waals surface area contributed by atoms with Crippen LogP contribution in [0.3, 0.4) is 0 Å². The molecule has 0 aliphatic carbocycles. The van der Waals surface area contributed by atoms with E-state index in [-0.39, 0.29) is 23.8 Å². The summed E-state index contributed by atoms with van der Waals surface area (Å²) in [4.78, 5) is 25.3. The second-order valence-electron chi connectivity index (χ2n) is 7.29. The van der Waals surface area contributed by atoms with Gasteiger partial charge < -0.3 is 20.7 Å². The smallest absolute Gasteiger partial charge is 0.275 e. The molecule has 1 saturated heterocycles. The molecule has 3 rings (SSSR count). The van der Waals surface area contributed by atoms with Crippen molar-refractivity contribution in [2.45, 2.75) is 18.9 Å². The summed E-state index contributed by atoms with van der Waals surface area (Å²) < 4.78 is 5.24. The number of piperidine rings is 1. The topological polar surface area (TPSA) is 85.9 Å². The van der Waals surface area contributed by atoms with E-state index < -0.39 is 0 Å². The molecular formula is C22H28N3O3+. The molecule has 0 spiro atoms. The van der Waals surface area contributed by atoms with E-state index in [1.807, 2.05) is 54.6 Å². The van der Waals surface area contributed by atoms with Crippen molar-refractivity contribution in [3.8, 4) is 5.75 Å². The van der Waals surface area contributed by atoms with Gasteiger partial charge in [0.05, 0.1) is 26.2 Å². The third kappa shape index (κ3) is 5.10. The Kier molecular flexibility index (Phi) is 6.66. The van der Waals surface area contributed by atoms with E-state index >= 15 is 0 Å². The van der Waals surface area contributed by atoms with Crippen LogP contribution in [-0.2, 0) is 9.59 Å². The first kappa shape index (κ1) is 19.9. The number of hydrogen-bond acceptors (Lipinski definition) is 3. The van der Waals surface area contributed by atoms with Crippen LogP contribution < -0.4 is 20.7 Å². The highest BCUT2D eigenvalue weighted by molar-refractivity contribution is 5.78. The number of carbonyl (C=O) groups is 2. The van der Waals surface area contributed by atoms with Gasteiger partial charge >= 0.3 is 0 Å². The lowest BCUT2D eigenvalue weighted by molar-refractivity contribution is -0.897. The number of nitrogens with one attached hydrogen (secondary N) is 2. The number of likely N-dealkylation sites (tertiary alicyclic amines) is 1. The molecule has 6 heteroatoms. The standard InChI is InChI=1S/C22H27N3O3/c1-28-19-9-7-17(8-10-19)21(16-5-3-2-4-6-16)24-20(26)15-25-13-11-18(12-14-25)22(23)27/h2-10,18,21H,11-15H2,1H3,(H2,23,27)(H,24,26)/p+1/t21-/m1/s1. The molecule has 4 N–H and O–H groups in total. The zero-order valence-electron chi connectivity index (χ0n) is 16.2. The molecule has 28 heavy (non-hydrogen) atoms. The van der Waals surface area contributed by atoms with Gasteiger partial charge in [0, 0.05) is 18.8 Å². The van der Waals surface area contributed by atoms with E-state index in [1.165, 1.54) is 4.90 Å². The molecule has 0 radical (unpaired) electrons. The lowest BCUT2D eigenvalue weighted by atomic mass is 9.96. The number of methoxy groups -OCH3 is 1. The quantitative estimate of drug-likeness (QED) is 0.658. The van der Waals surface area contributed by atoms with Gasteiger partial charge in [-0.3, -0.25) is 9.59 Å². The number of rotatable bonds is 7. The van der Waals surface area contributed by atoms with Gasteiger partial charge in [-0.2, -0.15) is 0 Å². The number of amides is 2. The molecule has 1 heterocycles. The van der Waals surface area contributed by atoms with E-state index in [0.717, 1.165) is 42.8 Å². The predicted octanol–water partition coefficient (Wildman–Crippen LogP) is 0.681. The summed E-state index contributed by atoms with van der Waals surface area (Å²) in [5.74, 6) is 0.496. The van der Waals surface area contributed by atoms with E-state index in [1.54, 1.807) is 7.11 Å². The Morgan fingerprint density at radius 1 is 1.07 bits per heavy atom. The molecule has 148 valence electrons. The second-order valence-corrected chi connectivity index (χ2v) is 7.29. The number of primary amides is 1. The van der Waals surface area contributed by atoms with Gasteiger partial charge in [-0.25, -0.2) is 0 Å². The number of benzene rings is 2. The zero-order chi connectivity index (χ0) is 19.9. The van der Waals surface area contributed by atoms with Crippen molar-refractivity contribution < 1.29 is 19.2 Å². The fraction of sp³-hybridized carbons (Fsp3) is 0.364. The van der Waals surface area contributed by atoms with Crippen molar-refractivity contribution >= 4 is 11.8 Å². The maximum absolute atomic E-state index is 12.8. The predicted molar refractivity (Wildman–Crippen MR) is 107 cm³/mol. The van der Waals surface area contributed by atoms with Gasteiger partial charge in [0.25, 0.3) is 5.91 Å². The Balaban J connectivity index is 1.67. The monoisotopic (exact) mass is 382 g/mol. The highest BCUT2D eigenvalue weighted by Crippen LogP contribution is 2.24. The molecule has 1 aliphatic rings. The second kappa shape index (κ2) is 9.37. The van der Waals surface area contributed by atoms with Gasteiger partial charge in [-0.15, -0.1) is 0 Å². The normalized spacial score (nSPS) is 20.2. The summed E-state index contributed by atoms with van der Waals surface area (Å²) in [6.07, 6.45) is 1.50. The van der Waals surface area contributed by atoms with Gasteiger partial charge in [0.1, 0.15) is 5.75 Å². The highest BCUT2D eigenvalue weighted by atomic mass is 16.5. The number of ether oxygens (including phenoxy) is 1. The number of nitrogens with two attached hydrogens (primary N) is 1. The fourth-order valence-corrected chi connectivity index (χ4v) is 3.73. The van der Waals surface area contributed by atoms with Crippen LogP contribution in [0.5, 0.6) is 5.75 Å². The van der Waals surface area contributed by atoms with Crippen LogP contribution in [-0.4, -0.2) is 38.6 Å². The Morgan fingerprint density at radius 3 is 2.25 bits per heavy atom. The third-order valence-electron chi connectivity index (χ3n) is 5.39. The summed E-state index contributed by atoms with van der Waals surface area (Å²) in [5.41, 5.74) is 7.43. The van der Waals surface area contributed by atoms with Gasteiger partial charge in [-0.1, -0.05) is 42.5 Å². The average Bonchev–Trinajstić information content (AvgIpc) is 2.73. The van der Waals surface area contributed by atoms with Crippen LogP contribution in [0.25, 0.3) is 0 Å². The van der Waals surface area contributed by atoms with Crippen LogP contribution in [0, 0.1) is 5.92 Å². The first-order valence-corrected chi connectivity index (χ1v) is 9.68. The maximum atomic E-state index is 12.8. The van der Waals surface area contributed by atoms with Crippen LogP contribution in [0.2, 0.25) is 0 Å². The lowest BCUT2D eigenvalue weighted by Gasteiger charge is -2.28. The molecule has 1 atom stereocenters. The molecule has 6 nitrogen and oxygen atoms in total. The van der Waals surface area contributed by atoms with Crippen molar-refractivity contribution in [1.82, 2.24) is 5.32 Å². The third-order valence-corrected chi connectivity index (χ3v) is 5.39. The average molecular weight is 382 g/mol. The lowest BCUT2D eigenvalue weighted by Crippen LogP contribution is -3.14. The highest BCUT2D eigenvalue weighted by Gasteiger charge is 2.28. The summed E-state index contributed by atoms with van der Waals surface area (Å²) >= 11 is 0. The fourth-order valence-electron chi connectivity index (χ4n) is 3.73. The van der Waals surface area contributed by atoms with Gasteiger partial charge in [0.2, 0.25) is 5.91 Å². The van der Waals surface area contributed by atoms with Crippen molar-refractivity contribution in [2.75, 3.05) is 26.7 Å². The van der Waals surface area contributed by atoms with E-state index in [9.17, 15) is 9.59 Å². The van der Waals surface area contributed by atoms with E-state index in [4.69, 9.17) is 10.5 Å². The van der Waals surface area contributed by atoms with Crippen molar-refractivity contribution in [2.24, 2.45) is 11.7 Å². The summed E-state index contributed by atoms with van der Waals surface area (Å²) in [6.45, 7) is 1.98. The van der Waals surface area contributed by atoms with Crippen LogP contribution in [0.1, 0.15) is 30.0 Å². The first-order valence-electron chi connectivity index (χ1n) is 9.68. The van der Waals surface area contributed by atoms with E-state index in [2.05, 4.69) is 5.32 Å². The number of quaternary nitrogens is 1. The molecule has 2 amide bonds. The first-order chi connectivity index (χ1) is 13.6. The van der Waals surface area contributed by atoms with Crippen molar-refractivity contribution in [3.63, 3.8) is 0 Å². The Labute approximate surface area is 165 Å². The molecule has 2 aromatic carbocycles. The molecule has 2 aromatic rings. The SMILES string of the molecule is COc1ccc([C@H](NC(=O)C[NH+]2CCC(C(N)=O)CC2)c2ccccc2)cc1. The van der Waals surface area contributed by atoms with Crippen LogP contribution in [0.15, 0.2) is 54.6 Å². The Bertz CT molecular complexity index is 784. The molecule has 0 unspecified atom stereocenters.